The zero-order chi connectivity index (χ0) is 23.2. The maximum Gasteiger partial charge on any atom is 0.328 e. The molecular formula is C25H28BrN3O4. The zero-order valence-corrected chi connectivity index (χ0v) is 20.2. The van der Waals surface area contributed by atoms with Gasteiger partial charge in [-0.25, -0.2) is 4.79 Å². The number of nitrogens with zero attached hydrogens (tertiary/aromatic N) is 2. The van der Waals surface area contributed by atoms with E-state index in [9.17, 15) is 9.59 Å². The number of anilines is 1. The molecular weight excluding hydrogens is 486 g/mol. The molecule has 174 valence electrons. The van der Waals surface area contributed by atoms with Crippen LogP contribution in [0.15, 0.2) is 54.7 Å². The number of benzene rings is 2. The number of carbonyl (C=O) groups is 2. The fourth-order valence-corrected chi connectivity index (χ4v) is 4.57. The largest absolute Gasteiger partial charge is 0.467 e. The van der Waals surface area contributed by atoms with Crippen LogP contribution in [0.1, 0.15) is 11.1 Å². The minimum Gasteiger partial charge on any atom is -0.467 e. The van der Waals surface area contributed by atoms with Crippen LogP contribution < -0.4 is 4.90 Å². The molecule has 7 nitrogen and oxygen atoms in total. The lowest BCUT2D eigenvalue weighted by molar-refractivity contribution is -0.152. The molecule has 0 unspecified atom stereocenters. The third-order valence-corrected chi connectivity index (χ3v) is 6.52. The van der Waals surface area contributed by atoms with E-state index >= 15 is 0 Å². The number of hydrogen-bond donors (Lipinski definition) is 1. The highest BCUT2D eigenvalue weighted by molar-refractivity contribution is 9.09. The smallest absolute Gasteiger partial charge is 0.328 e. The maximum absolute atomic E-state index is 12.9. The molecule has 0 saturated carbocycles. The lowest BCUT2D eigenvalue weighted by Crippen LogP contribution is -2.47. The highest BCUT2D eigenvalue weighted by Gasteiger charge is 2.31. The minimum atomic E-state index is -0.738. The number of alkyl halides is 1. The number of carbonyl (C=O) groups excluding carboxylic acids is 2. The second-order valence-corrected chi connectivity index (χ2v) is 8.58. The number of hydrogen-bond acceptors (Lipinski definition) is 5. The molecule has 1 fully saturated rings. The van der Waals surface area contributed by atoms with Crippen molar-refractivity contribution in [2.24, 2.45) is 0 Å². The summed E-state index contributed by atoms with van der Waals surface area (Å²) in [6.45, 7) is 3.50. The summed E-state index contributed by atoms with van der Waals surface area (Å²) >= 11 is 3.28. The predicted molar refractivity (Wildman–Crippen MR) is 132 cm³/mol. The number of methoxy groups -OCH3 is 1. The fraction of sp³-hybridized carbons (Fsp3) is 0.360. The summed E-state index contributed by atoms with van der Waals surface area (Å²) in [6, 6.07) is 15.3. The summed E-state index contributed by atoms with van der Waals surface area (Å²) < 4.78 is 10.5. The Balaban J connectivity index is 1.58. The molecule has 1 aliphatic rings. The molecule has 1 N–H and O–H groups in total. The molecule has 0 radical (unpaired) electrons. The molecule has 0 bridgehead atoms. The molecule has 1 aliphatic heterocycles. The number of morpholine rings is 1. The van der Waals surface area contributed by atoms with E-state index in [4.69, 9.17) is 9.47 Å². The standard InChI is InChI=1S/C25H28BrN3O4/c1-32-25(31)23(14-19-16-27-22-5-3-2-4-21(19)22)29(24(30)15-26)17-18-6-8-20(9-7-18)28-10-12-33-13-11-28/h2-9,16,23,27H,10-15,17H2,1H3/t23-/m0/s1. The maximum atomic E-state index is 12.9. The van der Waals surface area contributed by atoms with E-state index in [-0.39, 0.29) is 11.2 Å². The molecule has 0 aliphatic carbocycles. The van der Waals surface area contributed by atoms with Crippen LogP contribution in [-0.2, 0) is 32.0 Å². The Morgan fingerprint density at radius 2 is 1.88 bits per heavy atom. The van der Waals surface area contributed by atoms with Crippen LogP contribution in [0, 0.1) is 0 Å². The SMILES string of the molecule is COC(=O)[C@H](Cc1c[nH]c2ccccc12)N(Cc1ccc(N2CCOCC2)cc1)C(=O)CBr. The minimum absolute atomic E-state index is 0.125. The number of amides is 1. The van der Waals surface area contributed by atoms with Crippen LogP contribution in [0.4, 0.5) is 5.69 Å². The summed E-state index contributed by atoms with van der Waals surface area (Å²) in [5.74, 6) is -0.595. The molecule has 2 aromatic carbocycles. The van der Waals surface area contributed by atoms with Crippen molar-refractivity contribution in [3.8, 4) is 0 Å². The second kappa shape index (κ2) is 10.9. The van der Waals surface area contributed by atoms with Gasteiger partial charge in [0.15, 0.2) is 0 Å². The van der Waals surface area contributed by atoms with Gasteiger partial charge in [-0.1, -0.05) is 46.3 Å². The Morgan fingerprint density at radius 3 is 2.58 bits per heavy atom. The first-order chi connectivity index (χ1) is 16.1. The van der Waals surface area contributed by atoms with Gasteiger partial charge in [0.2, 0.25) is 5.91 Å². The van der Waals surface area contributed by atoms with Crippen molar-refractivity contribution in [1.29, 1.82) is 0 Å². The number of nitrogens with one attached hydrogen (secondary N) is 1. The average molecular weight is 514 g/mol. The van der Waals surface area contributed by atoms with Gasteiger partial charge < -0.3 is 24.3 Å². The Labute approximate surface area is 201 Å². The van der Waals surface area contributed by atoms with Gasteiger partial charge in [0, 0.05) is 48.8 Å². The summed E-state index contributed by atoms with van der Waals surface area (Å²) in [5, 5.41) is 1.16. The van der Waals surface area contributed by atoms with Crippen LogP contribution in [0.3, 0.4) is 0 Å². The van der Waals surface area contributed by atoms with Crippen LogP contribution in [-0.4, -0.2) is 66.5 Å². The Hall–Kier alpha value is -2.84. The number of aromatic nitrogens is 1. The lowest BCUT2D eigenvalue weighted by atomic mass is 10.0. The topological polar surface area (TPSA) is 74.9 Å². The molecule has 1 aromatic heterocycles. The molecule has 1 saturated heterocycles. The first-order valence-electron chi connectivity index (χ1n) is 11.0. The Bertz CT molecular complexity index is 1090. The number of para-hydroxylation sites is 1. The van der Waals surface area contributed by atoms with E-state index in [1.807, 2.05) is 42.6 Å². The summed E-state index contributed by atoms with van der Waals surface area (Å²) in [5.41, 5.74) is 4.04. The normalized spacial score (nSPS) is 14.8. The van der Waals surface area contributed by atoms with Gasteiger partial charge in [-0.05, 0) is 29.3 Å². The number of rotatable bonds is 8. The van der Waals surface area contributed by atoms with Crippen molar-refractivity contribution in [3.63, 3.8) is 0 Å². The number of esters is 1. The van der Waals surface area contributed by atoms with Crippen LogP contribution in [0.2, 0.25) is 0 Å². The average Bonchev–Trinajstić information content (AvgIpc) is 3.29. The highest BCUT2D eigenvalue weighted by Crippen LogP contribution is 2.23. The molecule has 0 spiro atoms. The van der Waals surface area contributed by atoms with Gasteiger partial charge in [-0.15, -0.1) is 0 Å². The number of halogens is 1. The van der Waals surface area contributed by atoms with E-state index in [1.165, 1.54) is 7.11 Å². The Morgan fingerprint density at radius 1 is 1.15 bits per heavy atom. The Kier molecular flexibility index (Phi) is 7.67. The first-order valence-corrected chi connectivity index (χ1v) is 12.1. The number of fused-ring (bicyclic) bond motifs is 1. The molecule has 8 heteroatoms. The zero-order valence-electron chi connectivity index (χ0n) is 18.6. The summed E-state index contributed by atoms with van der Waals surface area (Å²) in [7, 11) is 1.36. The number of H-pyrrole nitrogens is 1. The molecule has 4 rings (SSSR count). The van der Waals surface area contributed by atoms with Crippen LogP contribution in [0.25, 0.3) is 10.9 Å². The molecule has 33 heavy (non-hydrogen) atoms. The van der Waals surface area contributed by atoms with Gasteiger partial charge in [-0.2, -0.15) is 0 Å². The van der Waals surface area contributed by atoms with Crippen LogP contribution >= 0.6 is 15.9 Å². The molecule has 1 amide bonds. The van der Waals surface area contributed by atoms with Crippen molar-refractivity contribution in [3.05, 3.63) is 65.9 Å². The van der Waals surface area contributed by atoms with E-state index in [1.54, 1.807) is 4.90 Å². The van der Waals surface area contributed by atoms with Crippen molar-refractivity contribution in [2.75, 3.05) is 43.6 Å². The molecule has 3 aromatic rings. The van der Waals surface area contributed by atoms with Crippen molar-refractivity contribution in [2.45, 2.75) is 19.0 Å². The highest BCUT2D eigenvalue weighted by atomic mass is 79.9. The van der Waals surface area contributed by atoms with Gasteiger partial charge in [0.25, 0.3) is 0 Å². The van der Waals surface area contributed by atoms with Gasteiger partial charge in [0.05, 0.1) is 25.7 Å². The van der Waals surface area contributed by atoms with E-state index in [2.05, 4.69) is 37.9 Å². The first kappa shape index (κ1) is 23.3. The third-order valence-electron chi connectivity index (χ3n) is 6.04. The lowest BCUT2D eigenvalue weighted by Gasteiger charge is -2.31. The van der Waals surface area contributed by atoms with Crippen molar-refractivity contribution >= 4 is 44.4 Å². The van der Waals surface area contributed by atoms with Gasteiger partial charge in [-0.3, -0.25) is 4.79 Å². The summed E-state index contributed by atoms with van der Waals surface area (Å²) in [6.07, 6.45) is 2.26. The van der Waals surface area contributed by atoms with Crippen LogP contribution in [0.5, 0.6) is 0 Å². The quantitative estimate of drug-likeness (QED) is 0.368. The second-order valence-electron chi connectivity index (χ2n) is 8.02. The summed E-state index contributed by atoms with van der Waals surface area (Å²) in [4.78, 5) is 32.9. The van der Waals surface area contributed by atoms with E-state index in [0.717, 1.165) is 54.0 Å². The van der Waals surface area contributed by atoms with E-state index < -0.39 is 12.0 Å². The van der Waals surface area contributed by atoms with Crippen molar-refractivity contribution < 1.29 is 19.1 Å². The van der Waals surface area contributed by atoms with Crippen molar-refractivity contribution in [1.82, 2.24) is 9.88 Å². The molecule has 2 heterocycles. The third kappa shape index (κ3) is 5.39. The number of aromatic amines is 1. The fourth-order valence-electron chi connectivity index (χ4n) is 4.24. The van der Waals surface area contributed by atoms with E-state index in [0.29, 0.717) is 13.0 Å². The monoisotopic (exact) mass is 513 g/mol. The number of ether oxygens (including phenoxy) is 2. The molecule has 1 atom stereocenters. The van der Waals surface area contributed by atoms with Gasteiger partial charge >= 0.3 is 5.97 Å². The predicted octanol–water partition coefficient (Wildman–Crippen LogP) is 3.51. The van der Waals surface area contributed by atoms with Gasteiger partial charge in [0.1, 0.15) is 6.04 Å².